The molecule has 2 rings (SSSR count). The molecule has 0 unspecified atom stereocenters. The number of hydrogen-bond donors (Lipinski definition) is 1. The monoisotopic (exact) mass is 291 g/mol. The first-order chi connectivity index (χ1) is 10.1. The van der Waals surface area contributed by atoms with Crippen molar-refractivity contribution in [1.82, 2.24) is 14.9 Å². The summed E-state index contributed by atoms with van der Waals surface area (Å²) in [5, 5.41) is 3.23. The van der Waals surface area contributed by atoms with Gasteiger partial charge in [0.15, 0.2) is 0 Å². The molecule has 0 radical (unpaired) electrons. The van der Waals surface area contributed by atoms with Crippen molar-refractivity contribution in [2.75, 3.05) is 51.0 Å². The minimum absolute atomic E-state index is 0.580. The number of anilines is 2. The van der Waals surface area contributed by atoms with Crippen molar-refractivity contribution in [3.05, 3.63) is 11.4 Å². The van der Waals surface area contributed by atoms with Gasteiger partial charge in [-0.2, -0.15) is 0 Å². The quantitative estimate of drug-likeness (QED) is 0.797. The van der Waals surface area contributed by atoms with Crippen LogP contribution in [0.4, 0.5) is 11.6 Å². The number of aromatic nitrogens is 2. The Morgan fingerprint density at radius 3 is 2.43 bits per heavy atom. The van der Waals surface area contributed by atoms with E-state index in [4.69, 9.17) is 4.98 Å². The topological polar surface area (TPSA) is 44.3 Å². The molecule has 1 fully saturated rings. The van der Waals surface area contributed by atoms with Gasteiger partial charge < -0.3 is 15.1 Å². The standard InChI is InChI=1S/C16H29N5/c1-6-21(11-7-10-20(4)5)16-12(2)14(17-3)18-15(19-16)13-8-9-13/h13H,6-11H2,1-5H3,(H,17,18,19). The number of nitrogens with one attached hydrogen (secondary N) is 1. The molecule has 1 aliphatic carbocycles. The Morgan fingerprint density at radius 2 is 1.90 bits per heavy atom. The van der Waals surface area contributed by atoms with Crippen LogP contribution >= 0.6 is 0 Å². The molecule has 1 aliphatic rings. The summed E-state index contributed by atoms with van der Waals surface area (Å²) in [5.74, 6) is 3.69. The van der Waals surface area contributed by atoms with Gasteiger partial charge >= 0.3 is 0 Å². The van der Waals surface area contributed by atoms with Gasteiger partial charge in [0.25, 0.3) is 0 Å². The zero-order chi connectivity index (χ0) is 15.4. The van der Waals surface area contributed by atoms with E-state index in [0.29, 0.717) is 5.92 Å². The third-order valence-corrected chi connectivity index (χ3v) is 4.03. The van der Waals surface area contributed by atoms with Crippen molar-refractivity contribution in [2.24, 2.45) is 0 Å². The van der Waals surface area contributed by atoms with Gasteiger partial charge in [-0.05, 0) is 53.8 Å². The molecule has 0 saturated heterocycles. The molecule has 0 bridgehead atoms. The highest BCUT2D eigenvalue weighted by molar-refractivity contribution is 5.58. The highest BCUT2D eigenvalue weighted by atomic mass is 15.2. The van der Waals surface area contributed by atoms with E-state index in [1.54, 1.807) is 0 Å². The summed E-state index contributed by atoms with van der Waals surface area (Å²) in [5.41, 5.74) is 1.16. The van der Waals surface area contributed by atoms with Crippen LogP contribution in [0.15, 0.2) is 0 Å². The molecule has 118 valence electrons. The van der Waals surface area contributed by atoms with Crippen LogP contribution in [0.5, 0.6) is 0 Å². The van der Waals surface area contributed by atoms with Gasteiger partial charge in [-0.25, -0.2) is 9.97 Å². The van der Waals surface area contributed by atoms with E-state index in [-0.39, 0.29) is 0 Å². The number of hydrogen-bond acceptors (Lipinski definition) is 5. The zero-order valence-corrected chi connectivity index (χ0v) is 14.1. The van der Waals surface area contributed by atoms with E-state index in [2.05, 4.69) is 48.0 Å². The van der Waals surface area contributed by atoms with Crippen molar-refractivity contribution in [2.45, 2.75) is 39.0 Å². The van der Waals surface area contributed by atoms with Crippen LogP contribution in [0.3, 0.4) is 0 Å². The Morgan fingerprint density at radius 1 is 1.19 bits per heavy atom. The van der Waals surface area contributed by atoms with Crippen LogP contribution in [0, 0.1) is 6.92 Å². The van der Waals surface area contributed by atoms with Crippen LogP contribution < -0.4 is 10.2 Å². The average Bonchev–Trinajstić information content (AvgIpc) is 3.28. The maximum atomic E-state index is 4.87. The lowest BCUT2D eigenvalue weighted by molar-refractivity contribution is 0.400. The van der Waals surface area contributed by atoms with Gasteiger partial charge in [0.05, 0.1) is 0 Å². The second kappa shape index (κ2) is 7.07. The Labute approximate surface area is 128 Å². The maximum Gasteiger partial charge on any atom is 0.137 e. The highest BCUT2D eigenvalue weighted by Gasteiger charge is 2.28. The molecule has 1 saturated carbocycles. The predicted octanol–water partition coefficient (Wildman–Crippen LogP) is 2.48. The van der Waals surface area contributed by atoms with E-state index >= 15 is 0 Å². The molecular formula is C16H29N5. The normalized spacial score (nSPS) is 14.6. The van der Waals surface area contributed by atoms with E-state index in [1.807, 2.05) is 7.05 Å². The van der Waals surface area contributed by atoms with Crippen LogP contribution in [-0.4, -0.2) is 55.6 Å². The summed E-state index contributed by atoms with van der Waals surface area (Å²) >= 11 is 0. The molecule has 0 aromatic carbocycles. The van der Waals surface area contributed by atoms with Crippen molar-refractivity contribution >= 4 is 11.6 Å². The van der Waals surface area contributed by atoms with Crippen LogP contribution in [0.1, 0.15) is 43.5 Å². The Bertz CT molecular complexity index is 468. The lowest BCUT2D eigenvalue weighted by atomic mass is 10.2. The van der Waals surface area contributed by atoms with E-state index in [1.165, 1.54) is 12.8 Å². The summed E-state index contributed by atoms with van der Waals surface area (Å²) in [6.07, 6.45) is 3.62. The molecule has 0 spiro atoms. The minimum atomic E-state index is 0.580. The fourth-order valence-corrected chi connectivity index (χ4v) is 2.59. The number of nitrogens with zero attached hydrogens (tertiary/aromatic N) is 4. The lowest BCUT2D eigenvalue weighted by Gasteiger charge is -2.25. The van der Waals surface area contributed by atoms with Gasteiger partial charge in [-0.15, -0.1) is 0 Å². The van der Waals surface area contributed by atoms with Crippen molar-refractivity contribution in [3.8, 4) is 0 Å². The number of rotatable bonds is 8. The third kappa shape index (κ3) is 4.06. The summed E-state index contributed by atoms with van der Waals surface area (Å²) in [7, 11) is 6.19. The van der Waals surface area contributed by atoms with Crippen LogP contribution in [0.2, 0.25) is 0 Å². The molecule has 1 N–H and O–H groups in total. The van der Waals surface area contributed by atoms with E-state index in [0.717, 1.165) is 49.1 Å². The molecule has 0 atom stereocenters. The van der Waals surface area contributed by atoms with Gasteiger partial charge in [0.2, 0.25) is 0 Å². The average molecular weight is 291 g/mol. The predicted molar refractivity (Wildman–Crippen MR) is 89.3 cm³/mol. The SMILES string of the molecule is CCN(CCCN(C)C)c1nc(C2CC2)nc(NC)c1C. The second-order valence-electron chi connectivity index (χ2n) is 6.14. The third-order valence-electron chi connectivity index (χ3n) is 4.03. The van der Waals surface area contributed by atoms with Gasteiger partial charge in [-0.1, -0.05) is 0 Å². The fourth-order valence-electron chi connectivity index (χ4n) is 2.59. The molecule has 1 heterocycles. The van der Waals surface area contributed by atoms with Crippen LogP contribution in [0.25, 0.3) is 0 Å². The first-order valence-corrected chi connectivity index (χ1v) is 8.02. The second-order valence-corrected chi connectivity index (χ2v) is 6.14. The van der Waals surface area contributed by atoms with Crippen molar-refractivity contribution in [3.63, 3.8) is 0 Å². The summed E-state index contributed by atoms with van der Waals surface area (Å²) in [6, 6.07) is 0. The molecule has 5 heteroatoms. The molecule has 1 aromatic heterocycles. The van der Waals surface area contributed by atoms with Crippen molar-refractivity contribution in [1.29, 1.82) is 0 Å². The van der Waals surface area contributed by atoms with Crippen molar-refractivity contribution < 1.29 is 0 Å². The Hall–Kier alpha value is -1.36. The van der Waals surface area contributed by atoms with Gasteiger partial charge in [0, 0.05) is 31.6 Å². The highest BCUT2D eigenvalue weighted by Crippen LogP contribution is 2.40. The summed E-state index contributed by atoms with van der Waals surface area (Å²) < 4.78 is 0. The van der Waals surface area contributed by atoms with Gasteiger partial charge in [0.1, 0.15) is 17.5 Å². The maximum absolute atomic E-state index is 4.87. The summed E-state index contributed by atoms with van der Waals surface area (Å²) in [4.78, 5) is 14.2. The lowest BCUT2D eigenvalue weighted by Crippen LogP contribution is -2.29. The molecule has 5 nitrogen and oxygen atoms in total. The van der Waals surface area contributed by atoms with E-state index < -0.39 is 0 Å². The van der Waals surface area contributed by atoms with Crippen LogP contribution in [-0.2, 0) is 0 Å². The largest absolute Gasteiger partial charge is 0.373 e. The zero-order valence-electron chi connectivity index (χ0n) is 14.1. The fraction of sp³-hybridized carbons (Fsp3) is 0.750. The minimum Gasteiger partial charge on any atom is -0.373 e. The van der Waals surface area contributed by atoms with Gasteiger partial charge in [-0.3, -0.25) is 0 Å². The molecule has 0 amide bonds. The molecule has 0 aliphatic heterocycles. The Balaban J connectivity index is 2.19. The Kier molecular flexibility index (Phi) is 5.39. The van der Waals surface area contributed by atoms with E-state index in [9.17, 15) is 0 Å². The first kappa shape index (κ1) is 16.0. The molecule has 1 aromatic rings. The summed E-state index contributed by atoms with van der Waals surface area (Å²) in [6.45, 7) is 7.45. The molecular weight excluding hydrogens is 262 g/mol. The molecule has 21 heavy (non-hydrogen) atoms. The first-order valence-electron chi connectivity index (χ1n) is 8.02. The smallest absolute Gasteiger partial charge is 0.137 e.